The second kappa shape index (κ2) is 7.72. The first-order valence-electron chi connectivity index (χ1n) is 7.45. The Hall–Kier alpha value is -1.18. The van der Waals surface area contributed by atoms with Crippen LogP contribution in [0.4, 0.5) is 0 Å². The van der Waals surface area contributed by atoms with E-state index in [1.54, 1.807) is 4.90 Å². The predicted octanol–water partition coefficient (Wildman–Crippen LogP) is -0.863. The number of aliphatic hydroxyl groups is 1. The van der Waals surface area contributed by atoms with Gasteiger partial charge in [0.25, 0.3) is 0 Å². The quantitative estimate of drug-likeness (QED) is 0.666. The monoisotopic (exact) mass is 300 g/mol. The molecule has 2 rings (SSSR count). The van der Waals surface area contributed by atoms with Gasteiger partial charge >= 0.3 is 0 Å². The standard InChI is InChI=1S/C14H24N2O5/c1-20-11-9-21-8-10(14(11)19)7-15-12(17)4-6-16-5-2-3-13(16)18/h10-11,14,19H,2-9H2,1H3,(H,15,17)/t10-,11-,14+/m1/s1. The third kappa shape index (κ3) is 4.39. The van der Waals surface area contributed by atoms with Gasteiger partial charge in [-0.15, -0.1) is 0 Å². The average Bonchev–Trinajstić information content (AvgIpc) is 2.89. The fraction of sp³-hybridized carbons (Fsp3) is 0.857. The van der Waals surface area contributed by atoms with E-state index < -0.39 is 6.10 Å². The van der Waals surface area contributed by atoms with Crippen LogP contribution < -0.4 is 5.32 Å². The summed E-state index contributed by atoms with van der Waals surface area (Å²) in [5.41, 5.74) is 0. The van der Waals surface area contributed by atoms with Gasteiger partial charge in [0, 0.05) is 45.5 Å². The van der Waals surface area contributed by atoms with Crippen molar-refractivity contribution in [3.05, 3.63) is 0 Å². The Kier molecular flexibility index (Phi) is 5.96. The zero-order chi connectivity index (χ0) is 15.2. The van der Waals surface area contributed by atoms with Crippen molar-refractivity contribution in [3.63, 3.8) is 0 Å². The SMILES string of the molecule is CO[C@@H]1COC[C@@H](CNC(=O)CCN2CCCC2=O)[C@@H]1O. The van der Waals surface area contributed by atoms with Crippen LogP contribution in [0.25, 0.3) is 0 Å². The second-order valence-electron chi connectivity index (χ2n) is 5.60. The van der Waals surface area contributed by atoms with Crippen molar-refractivity contribution in [1.82, 2.24) is 10.2 Å². The molecule has 2 saturated heterocycles. The lowest BCUT2D eigenvalue weighted by Crippen LogP contribution is -2.49. The molecule has 0 unspecified atom stereocenters. The minimum Gasteiger partial charge on any atom is -0.390 e. The zero-order valence-electron chi connectivity index (χ0n) is 12.4. The Morgan fingerprint density at radius 2 is 2.33 bits per heavy atom. The normalized spacial score (nSPS) is 29.7. The molecule has 0 spiro atoms. The molecule has 2 amide bonds. The number of carbonyl (C=O) groups is 2. The summed E-state index contributed by atoms with van der Waals surface area (Å²) in [7, 11) is 1.53. The number of likely N-dealkylation sites (tertiary alicyclic amines) is 1. The van der Waals surface area contributed by atoms with Gasteiger partial charge in [0.15, 0.2) is 0 Å². The Balaban J connectivity index is 1.67. The minimum absolute atomic E-state index is 0.110. The van der Waals surface area contributed by atoms with E-state index in [0.29, 0.717) is 39.1 Å². The molecular formula is C14H24N2O5. The van der Waals surface area contributed by atoms with Crippen molar-refractivity contribution in [2.45, 2.75) is 31.5 Å². The molecule has 2 N–H and O–H groups in total. The van der Waals surface area contributed by atoms with Crippen molar-refractivity contribution >= 4 is 11.8 Å². The molecular weight excluding hydrogens is 276 g/mol. The van der Waals surface area contributed by atoms with Gasteiger partial charge in [0.05, 0.1) is 19.3 Å². The Labute approximate surface area is 124 Å². The van der Waals surface area contributed by atoms with E-state index in [-0.39, 0.29) is 23.8 Å². The lowest BCUT2D eigenvalue weighted by molar-refractivity contribution is -0.136. The number of carbonyl (C=O) groups excluding carboxylic acids is 2. The second-order valence-corrected chi connectivity index (χ2v) is 5.60. The highest BCUT2D eigenvalue weighted by Crippen LogP contribution is 2.16. The van der Waals surface area contributed by atoms with Crippen LogP contribution >= 0.6 is 0 Å². The molecule has 3 atom stereocenters. The summed E-state index contributed by atoms with van der Waals surface area (Å²) in [6.45, 7) is 2.35. The van der Waals surface area contributed by atoms with E-state index in [9.17, 15) is 14.7 Å². The zero-order valence-corrected chi connectivity index (χ0v) is 12.4. The molecule has 2 heterocycles. The Morgan fingerprint density at radius 3 is 3.00 bits per heavy atom. The number of amides is 2. The maximum Gasteiger partial charge on any atom is 0.222 e. The van der Waals surface area contributed by atoms with Gasteiger partial charge in [-0.25, -0.2) is 0 Å². The highest BCUT2D eigenvalue weighted by molar-refractivity contribution is 5.80. The predicted molar refractivity (Wildman–Crippen MR) is 74.6 cm³/mol. The topological polar surface area (TPSA) is 88.1 Å². The van der Waals surface area contributed by atoms with Crippen LogP contribution in [0.1, 0.15) is 19.3 Å². The molecule has 2 aliphatic heterocycles. The van der Waals surface area contributed by atoms with Crippen LogP contribution in [-0.4, -0.2) is 74.0 Å². The van der Waals surface area contributed by atoms with Crippen LogP contribution in [0.5, 0.6) is 0 Å². The highest BCUT2D eigenvalue weighted by Gasteiger charge is 2.32. The van der Waals surface area contributed by atoms with Gasteiger partial charge < -0.3 is 24.8 Å². The van der Waals surface area contributed by atoms with Crippen LogP contribution in [0, 0.1) is 5.92 Å². The maximum atomic E-state index is 11.8. The molecule has 2 fully saturated rings. The molecule has 0 aromatic rings. The molecule has 120 valence electrons. The molecule has 7 heteroatoms. The fourth-order valence-corrected chi connectivity index (χ4v) is 2.73. The molecule has 7 nitrogen and oxygen atoms in total. The highest BCUT2D eigenvalue weighted by atomic mass is 16.5. The molecule has 0 saturated carbocycles. The molecule has 2 aliphatic rings. The van der Waals surface area contributed by atoms with Crippen LogP contribution in [-0.2, 0) is 19.1 Å². The first-order chi connectivity index (χ1) is 10.1. The lowest BCUT2D eigenvalue weighted by atomic mass is 9.96. The van der Waals surface area contributed by atoms with Gasteiger partial charge in [-0.1, -0.05) is 0 Å². The fourth-order valence-electron chi connectivity index (χ4n) is 2.73. The van der Waals surface area contributed by atoms with E-state index >= 15 is 0 Å². The Bertz CT molecular complexity index is 376. The summed E-state index contributed by atoms with van der Waals surface area (Å²) in [6, 6.07) is 0. The van der Waals surface area contributed by atoms with Crippen LogP contribution in [0.15, 0.2) is 0 Å². The van der Waals surface area contributed by atoms with Gasteiger partial charge in [-0.3, -0.25) is 9.59 Å². The number of nitrogens with one attached hydrogen (secondary N) is 1. The molecule has 0 bridgehead atoms. The van der Waals surface area contributed by atoms with Crippen molar-refractivity contribution in [3.8, 4) is 0 Å². The molecule has 0 aromatic carbocycles. The van der Waals surface area contributed by atoms with E-state index in [2.05, 4.69) is 5.32 Å². The van der Waals surface area contributed by atoms with Crippen molar-refractivity contribution < 1.29 is 24.2 Å². The summed E-state index contributed by atoms with van der Waals surface area (Å²) >= 11 is 0. The van der Waals surface area contributed by atoms with Gasteiger partial charge in [0.2, 0.25) is 11.8 Å². The number of ether oxygens (including phenoxy) is 2. The number of methoxy groups -OCH3 is 1. The van der Waals surface area contributed by atoms with Gasteiger partial charge in [-0.05, 0) is 6.42 Å². The largest absolute Gasteiger partial charge is 0.390 e. The van der Waals surface area contributed by atoms with E-state index in [4.69, 9.17) is 9.47 Å². The number of aliphatic hydroxyl groups excluding tert-OH is 1. The minimum atomic E-state index is -0.635. The van der Waals surface area contributed by atoms with E-state index in [1.807, 2.05) is 0 Å². The number of rotatable bonds is 6. The van der Waals surface area contributed by atoms with Gasteiger partial charge in [0.1, 0.15) is 6.10 Å². The summed E-state index contributed by atoms with van der Waals surface area (Å²) in [6.07, 6.45) is 0.784. The summed E-state index contributed by atoms with van der Waals surface area (Å²) in [5, 5.41) is 12.9. The van der Waals surface area contributed by atoms with Crippen molar-refractivity contribution in [1.29, 1.82) is 0 Å². The smallest absolute Gasteiger partial charge is 0.222 e. The van der Waals surface area contributed by atoms with E-state index in [1.165, 1.54) is 7.11 Å². The third-order valence-corrected chi connectivity index (χ3v) is 4.12. The first kappa shape index (κ1) is 16.2. The van der Waals surface area contributed by atoms with Crippen molar-refractivity contribution in [2.75, 3.05) is 40.0 Å². The first-order valence-corrected chi connectivity index (χ1v) is 7.45. The average molecular weight is 300 g/mol. The van der Waals surface area contributed by atoms with Crippen LogP contribution in [0.3, 0.4) is 0 Å². The summed E-state index contributed by atoms with van der Waals surface area (Å²) in [5.74, 6) is -0.149. The number of nitrogens with zero attached hydrogens (tertiary/aromatic N) is 1. The van der Waals surface area contributed by atoms with E-state index in [0.717, 1.165) is 13.0 Å². The number of hydrogen-bond acceptors (Lipinski definition) is 5. The molecule has 0 radical (unpaired) electrons. The third-order valence-electron chi connectivity index (χ3n) is 4.12. The molecule has 21 heavy (non-hydrogen) atoms. The van der Waals surface area contributed by atoms with Crippen LogP contribution in [0.2, 0.25) is 0 Å². The maximum absolute atomic E-state index is 11.8. The number of hydrogen-bond donors (Lipinski definition) is 2. The summed E-state index contributed by atoms with van der Waals surface area (Å²) < 4.78 is 10.5. The Morgan fingerprint density at radius 1 is 1.52 bits per heavy atom. The summed E-state index contributed by atoms with van der Waals surface area (Å²) in [4.78, 5) is 25.0. The molecule has 0 aliphatic carbocycles. The van der Waals surface area contributed by atoms with Crippen molar-refractivity contribution in [2.24, 2.45) is 5.92 Å². The molecule has 0 aromatic heterocycles. The lowest BCUT2D eigenvalue weighted by Gasteiger charge is -2.33. The van der Waals surface area contributed by atoms with Gasteiger partial charge in [-0.2, -0.15) is 0 Å².